The minimum atomic E-state index is -0.191. The van der Waals surface area contributed by atoms with E-state index in [4.69, 9.17) is 11.6 Å². The van der Waals surface area contributed by atoms with Crippen LogP contribution >= 0.6 is 11.6 Å². The molecule has 3 N–H and O–H groups in total. The molecule has 0 fully saturated rings. The minimum Gasteiger partial charge on any atom is -0.508 e. The number of phenols is 1. The Morgan fingerprint density at radius 2 is 1.71 bits per heavy atom. The van der Waals surface area contributed by atoms with Gasteiger partial charge in [0.25, 0.3) is 0 Å². The molecular weight excluding hydrogens is 286 g/mol. The third-order valence-electron chi connectivity index (χ3n) is 3.69. The van der Waals surface area contributed by atoms with Gasteiger partial charge in [0, 0.05) is 17.1 Å². The van der Waals surface area contributed by atoms with Crippen molar-refractivity contribution in [2.24, 2.45) is 0 Å². The van der Waals surface area contributed by atoms with Crippen LogP contribution in [0.1, 0.15) is 28.3 Å². The predicted octanol–water partition coefficient (Wildman–Crippen LogP) is 3.49. The summed E-state index contributed by atoms with van der Waals surface area (Å²) in [6.45, 7) is 4.45. The van der Waals surface area contributed by atoms with E-state index < -0.39 is 0 Å². The highest BCUT2D eigenvalue weighted by Crippen LogP contribution is 2.23. The van der Waals surface area contributed by atoms with Crippen molar-refractivity contribution in [1.82, 2.24) is 5.32 Å². The normalized spacial score (nSPS) is 12.4. The molecule has 0 amide bonds. The maximum absolute atomic E-state index is 9.99. The number of benzene rings is 2. The summed E-state index contributed by atoms with van der Waals surface area (Å²) in [5, 5.41) is 23.4. The van der Waals surface area contributed by atoms with E-state index in [0.717, 1.165) is 22.3 Å². The Kier molecular flexibility index (Phi) is 5.23. The molecule has 1 atom stereocenters. The molecule has 0 saturated carbocycles. The highest BCUT2D eigenvalue weighted by Gasteiger charge is 2.11. The zero-order valence-electron chi connectivity index (χ0n) is 12.2. The molecule has 0 aromatic heterocycles. The molecule has 0 aliphatic heterocycles. The van der Waals surface area contributed by atoms with Crippen molar-refractivity contribution in [3.05, 3.63) is 63.7 Å². The van der Waals surface area contributed by atoms with E-state index >= 15 is 0 Å². The number of phenolic OH excluding ortho intramolecular Hbond substituents is 1. The number of aliphatic hydroxyl groups is 1. The van der Waals surface area contributed by atoms with E-state index in [1.807, 2.05) is 32.0 Å². The molecule has 0 heterocycles. The topological polar surface area (TPSA) is 52.5 Å². The average molecular weight is 306 g/mol. The first-order valence-electron chi connectivity index (χ1n) is 6.90. The summed E-state index contributed by atoms with van der Waals surface area (Å²) < 4.78 is 0. The second-order valence-electron chi connectivity index (χ2n) is 5.23. The molecule has 0 aliphatic carbocycles. The van der Waals surface area contributed by atoms with E-state index in [2.05, 4.69) is 5.32 Å². The molecule has 112 valence electrons. The van der Waals surface area contributed by atoms with Crippen molar-refractivity contribution in [3.8, 4) is 5.75 Å². The number of aryl methyl sites for hydroxylation is 2. The van der Waals surface area contributed by atoms with Gasteiger partial charge in [-0.3, -0.25) is 0 Å². The molecule has 0 radical (unpaired) electrons. The lowest BCUT2D eigenvalue weighted by Gasteiger charge is -2.18. The lowest BCUT2D eigenvalue weighted by atomic mass is 10.0. The SMILES string of the molecule is Cc1cc(O)c(CNC(CO)c2ccc(Cl)cc2)cc1C. The maximum atomic E-state index is 9.99. The van der Waals surface area contributed by atoms with Crippen LogP contribution in [0.15, 0.2) is 36.4 Å². The summed E-state index contributed by atoms with van der Waals surface area (Å²) >= 11 is 5.87. The van der Waals surface area contributed by atoms with Crippen LogP contribution in [0.4, 0.5) is 0 Å². The number of hydrogen-bond donors (Lipinski definition) is 3. The van der Waals surface area contributed by atoms with Crippen LogP contribution in [0.25, 0.3) is 0 Å². The van der Waals surface area contributed by atoms with Gasteiger partial charge in [-0.1, -0.05) is 29.8 Å². The third-order valence-corrected chi connectivity index (χ3v) is 3.94. The van der Waals surface area contributed by atoms with Crippen LogP contribution in [0.5, 0.6) is 5.75 Å². The van der Waals surface area contributed by atoms with Crippen LogP contribution in [0, 0.1) is 13.8 Å². The Bertz CT molecular complexity index is 611. The van der Waals surface area contributed by atoms with Gasteiger partial charge in [0.2, 0.25) is 0 Å². The quantitative estimate of drug-likeness (QED) is 0.792. The van der Waals surface area contributed by atoms with Crippen molar-refractivity contribution in [1.29, 1.82) is 0 Å². The van der Waals surface area contributed by atoms with Crippen molar-refractivity contribution in [2.45, 2.75) is 26.4 Å². The molecule has 3 nitrogen and oxygen atoms in total. The van der Waals surface area contributed by atoms with Gasteiger partial charge in [-0.25, -0.2) is 0 Å². The number of aromatic hydroxyl groups is 1. The van der Waals surface area contributed by atoms with Gasteiger partial charge in [0.15, 0.2) is 0 Å². The lowest BCUT2D eigenvalue weighted by molar-refractivity contribution is 0.243. The first-order valence-corrected chi connectivity index (χ1v) is 7.28. The van der Waals surface area contributed by atoms with Gasteiger partial charge in [0.05, 0.1) is 12.6 Å². The minimum absolute atomic E-state index is 0.0206. The largest absolute Gasteiger partial charge is 0.508 e. The molecule has 0 bridgehead atoms. The van der Waals surface area contributed by atoms with Crippen LogP contribution in [-0.4, -0.2) is 16.8 Å². The van der Waals surface area contributed by atoms with Gasteiger partial charge < -0.3 is 15.5 Å². The van der Waals surface area contributed by atoms with Gasteiger partial charge in [-0.15, -0.1) is 0 Å². The molecule has 1 unspecified atom stereocenters. The van der Waals surface area contributed by atoms with Gasteiger partial charge in [0.1, 0.15) is 5.75 Å². The van der Waals surface area contributed by atoms with E-state index in [-0.39, 0.29) is 18.4 Å². The fourth-order valence-electron chi connectivity index (χ4n) is 2.22. The molecule has 0 spiro atoms. The molecule has 21 heavy (non-hydrogen) atoms. The average Bonchev–Trinajstić information content (AvgIpc) is 2.46. The summed E-state index contributed by atoms with van der Waals surface area (Å²) in [5.74, 6) is 0.276. The second-order valence-corrected chi connectivity index (χ2v) is 5.67. The summed E-state index contributed by atoms with van der Waals surface area (Å²) in [7, 11) is 0. The fourth-order valence-corrected chi connectivity index (χ4v) is 2.34. The number of halogens is 1. The molecule has 2 rings (SSSR count). The van der Waals surface area contributed by atoms with Crippen molar-refractivity contribution in [3.63, 3.8) is 0 Å². The fraction of sp³-hybridized carbons (Fsp3) is 0.294. The smallest absolute Gasteiger partial charge is 0.120 e. The molecule has 4 heteroatoms. The molecule has 2 aromatic rings. The summed E-state index contributed by atoms with van der Waals surface area (Å²) in [6, 6.07) is 10.9. The zero-order chi connectivity index (χ0) is 15.4. The molecular formula is C17H20ClNO2. The van der Waals surface area contributed by atoms with Gasteiger partial charge in [-0.05, 0) is 48.7 Å². The summed E-state index contributed by atoms with van der Waals surface area (Å²) in [4.78, 5) is 0. The summed E-state index contributed by atoms with van der Waals surface area (Å²) in [5.41, 5.74) is 3.99. The Morgan fingerprint density at radius 1 is 1.10 bits per heavy atom. The first kappa shape index (κ1) is 15.8. The van der Waals surface area contributed by atoms with Gasteiger partial charge in [-0.2, -0.15) is 0 Å². The molecule has 0 saturated heterocycles. The van der Waals surface area contributed by atoms with Crippen LogP contribution < -0.4 is 5.32 Å². The van der Waals surface area contributed by atoms with Crippen LogP contribution in [-0.2, 0) is 6.54 Å². The van der Waals surface area contributed by atoms with E-state index in [0.29, 0.717) is 11.6 Å². The lowest BCUT2D eigenvalue weighted by Crippen LogP contribution is -2.24. The van der Waals surface area contributed by atoms with E-state index in [1.54, 1.807) is 18.2 Å². The monoisotopic (exact) mass is 305 g/mol. The van der Waals surface area contributed by atoms with Crippen molar-refractivity contribution in [2.75, 3.05) is 6.61 Å². The Hall–Kier alpha value is -1.55. The van der Waals surface area contributed by atoms with Crippen LogP contribution in [0.2, 0.25) is 5.02 Å². The van der Waals surface area contributed by atoms with Crippen molar-refractivity contribution < 1.29 is 10.2 Å². The Balaban J connectivity index is 2.10. The number of aliphatic hydroxyl groups excluding tert-OH is 1. The number of rotatable bonds is 5. The van der Waals surface area contributed by atoms with Crippen molar-refractivity contribution >= 4 is 11.6 Å². The second kappa shape index (κ2) is 6.94. The molecule has 0 aliphatic rings. The van der Waals surface area contributed by atoms with E-state index in [1.165, 1.54) is 0 Å². The van der Waals surface area contributed by atoms with Crippen LogP contribution in [0.3, 0.4) is 0 Å². The highest BCUT2D eigenvalue weighted by molar-refractivity contribution is 6.30. The Labute approximate surface area is 130 Å². The van der Waals surface area contributed by atoms with Gasteiger partial charge >= 0.3 is 0 Å². The summed E-state index contributed by atoms with van der Waals surface area (Å²) in [6.07, 6.45) is 0. The number of hydrogen-bond acceptors (Lipinski definition) is 3. The highest BCUT2D eigenvalue weighted by atomic mass is 35.5. The number of nitrogens with one attached hydrogen (secondary N) is 1. The standard InChI is InChI=1S/C17H20ClNO2/c1-11-7-14(17(21)8-12(11)2)9-19-16(10-20)13-3-5-15(18)6-4-13/h3-8,16,19-21H,9-10H2,1-2H3. The maximum Gasteiger partial charge on any atom is 0.120 e. The first-order chi connectivity index (χ1) is 10.0. The molecule has 2 aromatic carbocycles. The predicted molar refractivity (Wildman–Crippen MR) is 85.7 cm³/mol. The third kappa shape index (κ3) is 3.97. The van der Waals surface area contributed by atoms with E-state index in [9.17, 15) is 10.2 Å². The zero-order valence-corrected chi connectivity index (χ0v) is 13.0. The Morgan fingerprint density at radius 3 is 2.33 bits per heavy atom.